The molecule has 25 heavy (non-hydrogen) atoms. The van der Waals surface area contributed by atoms with E-state index in [1.165, 1.54) is 4.90 Å². The molecule has 0 bridgehead atoms. The van der Waals surface area contributed by atoms with Gasteiger partial charge in [-0.3, -0.25) is 9.69 Å². The fraction of sp³-hybridized carbons (Fsp3) is 0.222. The molecule has 1 fully saturated rings. The van der Waals surface area contributed by atoms with Crippen molar-refractivity contribution in [3.63, 3.8) is 0 Å². The first-order valence-electron chi connectivity index (χ1n) is 7.57. The van der Waals surface area contributed by atoms with Crippen LogP contribution in [0.4, 0.5) is 4.79 Å². The lowest BCUT2D eigenvalue weighted by Gasteiger charge is -2.23. The monoisotopic (exact) mass is 394 g/mol. The first-order chi connectivity index (χ1) is 11.8. The molecule has 2 aromatic rings. The molecular weight excluding hydrogens is 379 g/mol. The van der Waals surface area contributed by atoms with E-state index in [2.05, 4.69) is 5.32 Å². The van der Waals surface area contributed by atoms with Crippen LogP contribution in [0.2, 0.25) is 10.0 Å². The Balaban J connectivity index is 1.88. The van der Waals surface area contributed by atoms with Crippen LogP contribution >= 0.6 is 35.0 Å². The molecule has 0 aromatic heterocycles. The number of hydrogen-bond acceptors (Lipinski definition) is 3. The summed E-state index contributed by atoms with van der Waals surface area (Å²) in [6, 6.07) is 12.2. The smallest absolute Gasteiger partial charge is 0.319 e. The van der Waals surface area contributed by atoms with E-state index in [1.54, 1.807) is 36.9 Å². The molecule has 1 aliphatic rings. The number of nitrogens with one attached hydrogen (secondary N) is 1. The fourth-order valence-corrected chi connectivity index (χ4v) is 3.84. The molecule has 3 rings (SSSR count). The molecule has 1 atom stereocenters. The molecule has 1 saturated heterocycles. The number of carbonyl (C=O) groups is 2. The lowest BCUT2D eigenvalue weighted by molar-refractivity contribution is -0.131. The number of hydrogen-bond donors (Lipinski definition) is 1. The SMILES string of the molecule is CSc1ccc(CN2C(=O)N[C@](C)(c3ccc(Cl)cc3Cl)C2=O)cc1. The van der Waals surface area contributed by atoms with Gasteiger partial charge in [0, 0.05) is 20.5 Å². The van der Waals surface area contributed by atoms with Gasteiger partial charge in [-0.05, 0) is 43.0 Å². The average molecular weight is 395 g/mol. The second-order valence-corrected chi connectivity index (χ2v) is 7.64. The molecule has 4 nitrogen and oxygen atoms in total. The van der Waals surface area contributed by atoms with Gasteiger partial charge < -0.3 is 5.32 Å². The topological polar surface area (TPSA) is 49.4 Å². The summed E-state index contributed by atoms with van der Waals surface area (Å²) < 4.78 is 0. The van der Waals surface area contributed by atoms with E-state index in [0.29, 0.717) is 15.6 Å². The zero-order chi connectivity index (χ0) is 18.2. The highest BCUT2D eigenvalue weighted by Gasteiger charge is 2.49. The van der Waals surface area contributed by atoms with E-state index in [1.807, 2.05) is 30.5 Å². The number of halogens is 2. The van der Waals surface area contributed by atoms with Gasteiger partial charge in [-0.1, -0.05) is 41.4 Å². The summed E-state index contributed by atoms with van der Waals surface area (Å²) in [4.78, 5) is 27.7. The zero-order valence-corrected chi connectivity index (χ0v) is 16.0. The molecule has 130 valence electrons. The third-order valence-electron chi connectivity index (χ3n) is 4.24. The van der Waals surface area contributed by atoms with Crippen molar-refractivity contribution in [1.82, 2.24) is 10.2 Å². The summed E-state index contributed by atoms with van der Waals surface area (Å²) in [5.74, 6) is -0.337. The highest BCUT2D eigenvalue weighted by Crippen LogP contribution is 2.35. The van der Waals surface area contributed by atoms with E-state index in [4.69, 9.17) is 23.2 Å². The normalized spacial score (nSPS) is 20.1. The van der Waals surface area contributed by atoms with Gasteiger partial charge in [0.05, 0.1) is 6.54 Å². The molecule has 3 amide bonds. The van der Waals surface area contributed by atoms with Crippen LogP contribution < -0.4 is 5.32 Å². The maximum absolute atomic E-state index is 12.9. The third kappa shape index (κ3) is 3.36. The quantitative estimate of drug-likeness (QED) is 0.604. The number of rotatable bonds is 4. The van der Waals surface area contributed by atoms with Crippen molar-refractivity contribution in [2.45, 2.75) is 23.9 Å². The van der Waals surface area contributed by atoms with Crippen LogP contribution in [-0.4, -0.2) is 23.1 Å². The summed E-state index contributed by atoms with van der Waals surface area (Å²) in [6.45, 7) is 1.86. The Morgan fingerprint density at radius 1 is 1.12 bits per heavy atom. The molecule has 0 unspecified atom stereocenters. The Morgan fingerprint density at radius 3 is 2.40 bits per heavy atom. The van der Waals surface area contributed by atoms with Crippen molar-refractivity contribution in [1.29, 1.82) is 0 Å². The van der Waals surface area contributed by atoms with Gasteiger partial charge in [-0.15, -0.1) is 11.8 Å². The van der Waals surface area contributed by atoms with Crippen molar-refractivity contribution < 1.29 is 9.59 Å². The Hall–Kier alpha value is -1.69. The van der Waals surface area contributed by atoms with Gasteiger partial charge >= 0.3 is 6.03 Å². The fourth-order valence-electron chi connectivity index (χ4n) is 2.83. The Morgan fingerprint density at radius 2 is 1.80 bits per heavy atom. The van der Waals surface area contributed by atoms with Gasteiger partial charge in [-0.25, -0.2) is 4.79 Å². The number of imide groups is 1. The van der Waals surface area contributed by atoms with Crippen molar-refractivity contribution in [3.8, 4) is 0 Å². The molecule has 0 spiro atoms. The van der Waals surface area contributed by atoms with Crippen LogP contribution in [0, 0.1) is 0 Å². The lowest BCUT2D eigenvalue weighted by atomic mass is 9.92. The predicted octanol–water partition coefficient (Wildman–Crippen LogP) is 4.68. The van der Waals surface area contributed by atoms with Crippen LogP contribution in [0.1, 0.15) is 18.1 Å². The molecule has 0 saturated carbocycles. The number of urea groups is 1. The minimum absolute atomic E-state index is 0.208. The highest BCUT2D eigenvalue weighted by molar-refractivity contribution is 7.98. The Kier molecular flexibility index (Phi) is 5.00. The number of carbonyl (C=O) groups excluding carboxylic acids is 2. The molecule has 0 aliphatic carbocycles. The first-order valence-corrected chi connectivity index (χ1v) is 9.56. The third-order valence-corrected chi connectivity index (χ3v) is 5.54. The maximum Gasteiger partial charge on any atom is 0.325 e. The molecule has 1 N–H and O–H groups in total. The number of benzene rings is 2. The molecule has 1 heterocycles. The van der Waals surface area contributed by atoms with Crippen LogP contribution in [0.25, 0.3) is 0 Å². The van der Waals surface area contributed by atoms with Crippen molar-refractivity contribution in [2.24, 2.45) is 0 Å². The van der Waals surface area contributed by atoms with Crippen LogP contribution in [0.3, 0.4) is 0 Å². The second-order valence-electron chi connectivity index (χ2n) is 5.92. The number of thioether (sulfide) groups is 1. The van der Waals surface area contributed by atoms with Crippen LogP contribution in [-0.2, 0) is 16.9 Å². The number of amides is 3. The molecule has 1 aliphatic heterocycles. The van der Waals surface area contributed by atoms with E-state index in [-0.39, 0.29) is 12.5 Å². The van der Waals surface area contributed by atoms with E-state index < -0.39 is 11.6 Å². The van der Waals surface area contributed by atoms with Crippen LogP contribution in [0.15, 0.2) is 47.4 Å². The summed E-state index contributed by atoms with van der Waals surface area (Å²) in [5, 5.41) is 3.57. The predicted molar refractivity (Wildman–Crippen MR) is 101 cm³/mol. The zero-order valence-electron chi connectivity index (χ0n) is 13.7. The molecule has 2 aromatic carbocycles. The minimum Gasteiger partial charge on any atom is -0.319 e. The first kappa shape index (κ1) is 18.1. The van der Waals surface area contributed by atoms with Crippen molar-refractivity contribution in [2.75, 3.05) is 6.26 Å². The van der Waals surface area contributed by atoms with E-state index in [9.17, 15) is 9.59 Å². The molecule has 0 radical (unpaired) electrons. The van der Waals surface area contributed by atoms with Gasteiger partial charge in [0.25, 0.3) is 5.91 Å². The van der Waals surface area contributed by atoms with E-state index >= 15 is 0 Å². The maximum atomic E-state index is 12.9. The van der Waals surface area contributed by atoms with Crippen molar-refractivity contribution in [3.05, 3.63) is 63.6 Å². The van der Waals surface area contributed by atoms with E-state index in [0.717, 1.165) is 10.5 Å². The van der Waals surface area contributed by atoms with Gasteiger partial charge in [0.2, 0.25) is 0 Å². The minimum atomic E-state index is -1.21. The largest absolute Gasteiger partial charge is 0.325 e. The Labute approximate surface area is 160 Å². The summed E-state index contributed by atoms with van der Waals surface area (Å²) in [6.07, 6.45) is 1.99. The second kappa shape index (κ2) is 6.90. The van der Waals surface area contributed by atoms with Crippen molar-refractivity contribution >= 4 is 46.9 Å². The summed E-state index contributed by atoms with van der Waals surface area (Å²) >= 11 is 13.8. The number of nitrogens with zero attached hydrogens (tertiary/aromatic N) is 1. The van der Waals surface area contributed by atoms with Gasteiger partial charge in [0.1, 0.15) is 5.54 Å². The molecule has 7 heteroatoms. The van der Waals surface area contributed by atoms with Crippen LogP contribution in [0.5, 0.6) is 0 Å². The van der Waals surface area contributed by atoms with Gasteiger partial charge in [-0.2, -0.15) is 0 Å². The lowest BCUT2D eigenvalue weighted by Crippen LogP contribution is -2.41. The Bertz CT molecular complexity index is 841. The summed E-state index contributed by atoms with van der Waals surface area (Å²) in [7, 11) is 0. The highest BCUT2D eigenvalue weighted by atomic mass is 35.5. The molecular formula is C18H16Cl2N2O2S. The average Bonchev–Trinajstić information content (AvgIpc) is 2.79. The van der Waals surface area contributed by atoms with Gasteiger partial charge in [0.15, 0.2) is 0 Å². The standard InChI is InChI=1S/C18H16Cl2N2O2S/c1-18(14-8-5-12(19)9-15(14)20)16(23)22(17(24)21-18)10-11-3-6-13(25-2)7-4-11/h3-9H,10H2,1-2H3,(H,21,24)/t18-/m1/s1. The summed E-state index contributed by atoms with van der Waals surface area (Å²) in [5.41, 5.74) is 0.197.